The number of halogens is 2. The largest absolute Gasteiger partial charge is 0.362 e. The summed E-state index contributed by atoms with van der Waals surface area (Å²) in [7, 11) is 2.07. The van der Waals surface area contributed by atoms with E-state index in [-0.39, 0.29) is 17.0 Å². The average molecular weight is 272 g/mol. The highest BCUT2D eigenvalue weighted by Gasteiger charge is 2.05. The lowest BCUT2D eigenvalue weighted by molar-refractivity contribution is 0.310. The Hall–Kier alpha value is 0.300. The van der Waals surface area contributed by atoms with E-state index in [1.807, 2.05) is 0 Å². The van der Waals surface area contributed by atoms with Crippen molar-refractivity contribution in [2.75, 3.05) is 25.6 Å². The molecular formula is C6H12Br2N2. The summed E-state index contributed by atoms with van der Waals surface area (Å²) >= 11 is 3.39. The van der Waals surface area contributed by atoms with Crippen LogP contribution in [0.2, 0.25) is 0 Å². The molecule has 0 amide bonds. The van der Waals surface area contributed by atoms with Gasteiger partial charge in [-0.3, -0.25) is 0 Å². The van der Waals surface area contributed by atoms with Gasteiger partial charge in [-0.05, 0) is 0 Å². The Kier molecular flexibility index (Phi) is 5.17. The summed E-state index contributed by atoms with van der Waals surface area (Å²) in [4.78, 5) is 4.41. The van der Waals surface area contributed by atoms with Crippen LogP contribution < -0.4 is 0 Å². The van der Waals surface area contributed by atoms with E-state index in [1.165, 1.54) is 0 Å². The molecule has 0 saturated carbocycles. The number of nitrogens with zero attached hydrogens (tertiary/aromatic N) is 2. The zero-order valence-electron chi connectivity index (χ0n) is 5.96. The first-order chi connectivity index (χ1) is 4.33. The SMILES string of the molecule is Br.CN1C=CN(CCBr)C1. The molecule has 0 aromatic rings. The van der Waals surface area contributed by atoms with Crippen molar-refractivity contribution >= 4 is 32.9 Å². The Bertz CT molecular complexity index is 116. The van der Waals surface area contributed by atoms with Crippen LogP contribution in [0, 0.1) is 0 Å². The molecule has 0 aromatic heterocycles. The Morgan fingerprint density at radius 1 is 1.50 bits per heavy atom. The van der Waals surface area contributed by atoms with E-state index in [0.717, 1.165) is 18.5 Å². The molecule has 0 atom stereocenters. The maximum Gasteiger partial charge on any atom is 0.0891 e. The Morgan fingerprint density at radius 3 is 2.60 bits per heavy atom. The fourth-order valence-corrected chi connectivity index (χ4v) is 1.30. The normalized spacial score (nSPS) is 15.8. The van der Waals surface area contributed by atoms with Crippen LogP contribution in [0.4, 0.5) is 0 Å². The Balaban J connectivity index is 0.000000810. The van der Waals surface area contributed by atoms with Crippen LogP contribution in [0.5, 0.6) is 0 Å². The molecule has 1 rings (SSSR count). The fourth-order valence-electron chi connectivity index (χ4n) is 0.843. The molecule has 0 aliphatic carbocycles. The molecule has 0 unspecified atom stereocenters. The third-order valence-corrected chi connectivity index (χ3v) is 1.66. The molecule has 60 valence electrons. The minimum atomic E-state index is 0. The quantitative estimate of drug-likeness (QED) is 0.705. The molecule has 1 aliphatic heterocycles. The van der Waals surface area contributed by atoms with Crippen molar-refractivity contribution in [3.63, 3.8) is 0 Å². The second kappa shape index (κ2) is 5.02. The van der Waals surface area contributed by atoms with Gasteiger partial charge in [-0.2, -0.15) is 0 Å². The van der Waals surface area contributed by atoms with Crippen LogP contribution in [-0.2, 0) is 0 Å². The standard InChI is InChI=1S/C6H11BrN2.BrH/c1-8-4-5-9(6-8)3-2-7;/h4-5H,2-3,6H2,1H3;1H. The number of rotatable bonds is 2. The van der Waals surface area contributed by atoms with Crippen molar-refractivity contribution in [1.82, 2.24) is 9.80 Å². The molecule has 4 heteroatoms. The lowest BCUT2D eigenvalue weighted by atomic mass is 10.6. The van der Waals surface area contributed by atoms with E-state index in [0.29, 0.717) is 0 Å². The first-order valence-corrected chi connectivity index (χ1v) is 4.13. The summed E-state index contributed by atoms with van der Waals surface area (Å²) in [6.07, 6.45) is 4.20. The van der Waals surface area contributed by atoms with Gasteiger partial charge in [0.15, 0.2) is 0 Å². The van der Waals surface area contributed by atoms with E-state index < -0.39 is 0 Å². The van der Waals surface area contributed by atoms with Gasteiger partial charge in [0.05, 0.1) is 6.67 Å². The summed E-state index contributed by atoms with van der Waals surface area (Å²) in [6, 6.07) is 0. The highest BCUT2D eigenvalue weighted by atomic mass is 79.9. The second-order valence-electron chi connectivity index (χ2n) is 2.20. The summed E-state index contributed by atoms with van der Waals surface area (Å²) in [5.41, 5.74) is 0. The monoisotopic (exact) mass is 270 g/mol. The summed E-state index contributed by atoms with van der Waals surface area (Å²) < 4.78 is 0. The molecule has 1 heterocycles. The zero-order valence-corrected chi connectivity index (χ0v) is 9.26. The smallest absolute Gasteiger partial charge is 0.0891 e. The molecule has 0 spiro atoms. The van der Waals surface area contributed by atoms with Crippen LogP contribution in [-0.4, -0.2) is 35.4 Å². The summed E-state index contributed by atoms with van der Waals surface area (Å²) in [5, 5.41) is 1.05. The van der Waals surface area contributed by atoms with E-state index >= 15 is 0 Å². The summed E-state index contributed by atoms with van der Waals surface area (Å²) in [6.45, 7) is 2.13. The highest BCUT2D eigenvalue weighted by molar-refractivity contribution is 9.09. The predicted octanol–water partition coefficient (Wildman–Crippen LogP) is 1.64. The minimum Gasteiger partial charge on any atom is -0.362 e. The van der Waals surface area contributed by atoms with Crippen molar-refractivity contribution in [1.29, 1.82) is 0 Å². The molecule has 0 bridgehead atoms. The first-order valence-electron chi connectivity index (χ1n) is 3.01. The topological polar surface area (TPSA) is 6.48 Å². The van der Waals surface area contributed by atoms with Crippen LogP contribution in [0.15, 0.2) is 12.4 Å². The van der Waals surface area contributed by atoms with E-state index in [9.17, 15) is 0 Å². The van der Waals surface area contributed by atoms with Gasteiger partial charge in [-0.15, -0.1) is 17.0 Å². The van der Waals surface area contributed by atoms with Crippen molar-refractivity contribution in [3.05, 3.63) is 12.4 Å². The zero-order chi connectivity index (χ0) is 6.69. The van der Waals surface area contributed by atoms with Gasteiger partial charge >= 0.3 is 0 Å². The molecule has 1 aliphatic rings. The summed E-state index contributed by atoms with van der Waals surface area (Å²) in [5.74, 6) is 0. The molecule has 10 heavy (non-hydrogen) atoms. The third-order valence-electron chi connectivity index (χ3n) is 1.31. The average Bonchev–Trinajstić information content (AvgIpc) is 2.17. The Labute approximate surface area is 80.8 Å². The number of alkyl halides is 1. The maximum atomic E-state index is 3.39. The van der Waals surface area contributed by atoms with Gasteiger partial charge in [-0.25, -0.2) is 0 Å². The highest BCUT2D eigenvalue weighted by Crippen LogP contribution is 2.02. The molecular weight excluding hydrogens is 260 g/mol. The van der Waals surface area contributed by atoms with Gasteiger partial charge in [0.25, 0.3) is 0 Å². The van der Waals surface area contributed by atoms with Gasteiger partial charge < -0.3 is 9.80 Å². The lowest BCUT2D eigenvalue weighted by Gasteiger charge is -2.15. The fraction of sp³-hybridized carbons (Fsp3) is 0.667. The predicted molar refractivity (Wildman–Crippen MR) is 52.6 cm³/mol. The van der Waals surface area contributed by atoms with Crippen LogP contribution in [0.25, 0.3) is 0 Å². The van der Waals surface area contributed by atoms with Crippen LogP contribution in [0.1, 0.15) is 0 Å². The number of hydrogen-bond donors (Lipinski definition) is 0. The van der Waals surface area contributed by atoms with Gasteiger partial charge in [0.1, 0.15) is 0 Å². The minimum absolute atomic E-state index is 0. The molecule has 0 N–H and O–H groups in total. The van der Waals surface area contributed by atoms with Crippen molar-refractivity contribution < 1.29 is 0 Å². The third kappa shape index (κ3) is 2.92. The van der Waals surface area contributed by atoms with Crippen molar-refractivity contribution in [3.8, 4) is 0 Å². The molecule has 0 aromatic carbocycles. The second-order valence-corrected chi connectivity index (χ2v) is 2.99. The van der Waals surface area contributed by atoms with Crippen LogP contribution in [0.3, 0.4) is 0 Å². The van der Waals surface area contributed by atoms with E-state index in [1.54, 1.807) is 0 Å². The molecule has 0 saturated heterocycles. The van der Waals surface area contributed by atoms with Crippen LogP contribution >= 0.6 is 32.9 Å². The maximum absolute atomic E-state index is 3.39. The first kappa shape index (κ1) is 10.3. The van der Waals surface area contributed by atoms with E-state index in [2.05, 4.69) is 45.2 Å². The van der Waals surface area contributed by atoms with Gasteiger partial charge in [0, 0.05) is 31.3 Å². The molecule has 2 nitrogen and oxygen atoms in total. The van der Waals surface area contributed by atoms with Gasteiger partial charge in [0.2, 0.25) is 0 Å². The number of hydrogen-bond acceptors (Lipinski definition) is 2. The van der Waals surface area contributed by atoms with Crippen molar-refractivity contribution in [2.45, 2.75) is 0 Å². The van der Waals surface area contributed by atoms with Gasteiger partial charge in [-0.1, -0.05) is 15.9 Å². The Morgan fingerprint density at radius 2 is 2.20 bits per heavy atom. The molecule has 0 radical (unpaired) electrons. The van der Waals surface area contributed by atoms with Crippen molar-refractivity contribution in [2.24, 2.45) is 0 Å². The molecule has 0 fully saturated rings. The van der Waals surface area contributed by atoms with E-state index in [4.69, 9.17) is 0 Å². The lowest BCUT2D eigenvalue weighted by Crippen LogP contribution is -2.23.